The minimum atomic E-state index is -2.02. The molecule has 1 rings (SSSR count). The molecule has 6 heteroatoms. The summed E-state index contributed by atoms with van der Waals surface area (Å²) in [6.45, 7) is 0. The van der Waals surface area contributed by atoms with Crippen molar-refractivity contribution in [2.45, 2.75) is 0 Å². The Hall–Kier alpha value is -0.880. The van der Waals surface area contributed by atoms with Crippen LogP contribution in [-0.4, -0.2) is 18.4 Å². The average molecular weight is 147 g/mol. The normalized spacial score (nSPS) is 13.0. The third-order valence-electron chi connectivity index (χ3n) is 0.688. The first-order valence-electron chi connectivity index (χ1n) is 2.14. The summed E-state index contributed by atoms with van der Waals surface area (Å²) < 4.78 is 19.5. The highest BCUT2D eigenvalue weighted by atomic mass is 32.2. The quantitative estimate of drug-likeness (QED) is 0.557. The molecule has 0 saturated heterocycles. The van der Waals surface area contributed by atoms with Gasteiger partial charge in [0, 0.05) is 12.4 Å². The highest BCUT2D eigenvalue weighted by Gasteiger charge is 1.88. The summed E-state index contributed by atoms with van der Waals surface area (Å²) in [6, 6.07) is 0. The van der Waals surface area contributed by atoms with Crippen LogP contribution in [0, 0.1) is 0 Å². The summed E-state index contributed by atoms with van der Waals surface area (Å²) >= 11 is -2.02. The van der Waals surface area contributed by atoms with Gasteiger partial charge in [-0.15, -0.1) is 0 Å². The zero-order valence-corrected chi connectivity index (χ0v) is 5.21. The predicted octanol–water partition coefficient (Wildman–Crippen LogP) is -0.437. The highest BCUT2D eigenvalue weighted by Crippen LogP contribution is 1.79. The van der Waals surface area contributed by atoms with E-state index in [0.29, 0.717) is 0 Å². The number of hydrogen-bond donors (Lipinski definition) is 2. The van der Waals surface area contributed by atoms with Crippen molar-refractivity contribution in [2.24, 2.45) is 0 Å². The lowest BCUT2D eigenvalue weighted by Crippen LogP contribution is -2.14. The molecule has 0 aliphatic rings. The standard InChI is InChI=1S/C3H5N3O2S/c7-9(8)5-6-2-1-4-3-6/h1-3,5H,(H,7,8). The second kappa shape index (κ2) is 2.60. The molecule has 0 saturated carbocycles. The van der Waals surface area contributed by atoms with Crippen LogP contribution in [0.25, 0.3) is 0 Å². The third kappa shape index (κ3) is 1.82. The summed E-state index contributed by atoms with van der Waals surface area (Å²) in [6.07, 6.45) is 4.40. The zero-order chi connectivity index (χ0) is 6.69. The number of imidazole rings is 1. The minimum absolute atomic E-state index is 1.29. The smallest absolute Gasteiger partial charge is 0.274 e. The maximum absolute atomic E-state index is 10.0. The third-order valence-corrected chi connectivity index (χ3v) is 1.05. The Morgan fingerprint density at radius 3 is 3.00 bits per heavy atom. The van der Waals surface area contributed by atoms with Gasteiger partial charge in [-0.3, -0.25) is 4.55 Å². The van der Waals surface area contributed by atoms with E-state index in [4.69, 9.17) is 4.55 Å². The number of nitrogens with one attached hydrogen (secondary N) is 1. The molecule has 0 amide bonds. The molecule has 0 spiro atoms. The molecule has 0 aromatic carbocycles. The van der Waals surface area contributed by atoms with Crippen LogP contribution in [0.15, 0.2) is 18.7 Å². The lowest BCUT2D eigenvalue weighted by atomic mass is 11.0. The molecule has 1 unspecified atom stereocenters. The number of aromatic nitrogens is 2. The van der Waals surface area contributed by atoms with Crippen LogP contribution >= 0.6 is 0 Å². The van der Waals surface area contributed by atoms with E-state index < -0.39 is 11.3 Å². The van der Waals surface area contributed by atoms with Gasteiger partial charge in [-0.2, -0.15) is 0 Å². The Bertz CT molecular complexity index is 197. The van der Waals surface area contributed by atoms with Crippen molar-refractivity contribution in [3.63, 3.8) is 0 Å². The first-order chi connectivity index (χ1) is 4.29. The van der Waals surface area contributed by atoms with Crippen LogP contribution in [0.5, 0.6) is 0 Å². The van der Waals surface area contributed by atoms with Gasteiger partial charge in [-0.1, -0.05) is 0 Å². The van der Waals surface area contributed by atoms with Gasteiger partial charge in [-0.05, 0) is 0 Å². The zero-order valence-electron chi connectivity index (χ0n) is 4.39. The van der Waals surface area contributed by atoms with Crippen molar-refractivity contribution < 1.29 is 8.76 Å². The summed E-state index contributed by atoms with van der Waals surface area (Å²) in [5.74, 6) is 0. The van der Waals surface area contributed by atoms with Crippen molar-refractivity contribution >= 4 is 11.3 Å². The first-order valence-corrected chi connectivity index (χ1v) is 3.25. The first kappa shape index (κ1) is 6.24. The fourth-order valence-electron chi connectivity index (χ4n) is 0.403. The van der Waals surface area contributed by atoms with Crippen LogP contribution < -0.4 is 4.83 Å². The van der Waals surface area contributed by atoms with E-state index in [2.05, 4.69) is 9.82 Å². The average Bonchev–Trinajstić information content (AvgIpc) is 2.15. The molecule has 0 aliphatic heterocycles. The molecular weight excluding hydrogens is 142 g/mol. The summed E-state index contributed by atoms with van der Waals surface area (Å²) in [5.41, 5.74) is 0. The maximum Gasteiger partial charge on any atom is 0.274 e. The number of nitrogens with zero attached hydrogens (tertiary/aromatic N) is 2. The topological polar surface area (TPSA) is 67.2 Å². The van der Waals surface area contributed by atoms with E-state index in [-0.39, 0.29) is 0 Å². The molecule has 1 aromatic rings. The molecule has 50 valence electrons. The van der Waals surface area contributed by atoms with Crippen molar-refractivity contribution in [2.75, 3.05) is 4.83 Å². The van der Waals surface area contributed by atoms with Crippen molar-refractivity contribution in [3.05, 3.63) is 18.7 Å². The van der Waals surface area contributed by atoms with Gasteiger partial charge in [0.2, 0.25) is 0 Å². The van der Waals surface area contributed by atoms with E-state index in [1.165, 1.54) is 23.4 Å². The Labute approximate surface area is 54.1 Å². The molecule has 1 aromatic heterocycles. The van der Waals surface area contributed by atoms with E-state index in [1.807, 2.05) is 0 Å². The van der Waals surface area contributed by atoms with Crippen LogP contribution in [0.4, 0.5) is 0 Å². The Balaban J connectivity index is 2.58. The van der Waals surface area contributed by atoms with E-state index in [1.54, 1.807) is 0 Å². The molecule has 0 radical (unpaired) electrons. The Morgan fingerprint density at radius 2 is 2.56 bits per heavy atom. The highest BCUT2D eigenvalue weighted by molar-refractivity contribution is 7.80. The van der Waals surface area contributed by atoms with E-state index >= 15 is 0 Å². The van der Waals surface area contributed by atoms with Gasteiger partial charge in [0.05, 0.1) is 0 Å². The molecule has 9 heavy (non-hydrogen) atoms. The number of rotatable bonds is 2. The molecule has 2 N–H and O–H groups in total. The van der Waals surface area contributed by atoms with Gasteiger partial charge in [0.25, 0.3) is 11.3 Å². The van der Waals surface area contributed by atoms with Gasteiger partial charge in [0.1, 0.15) is 6.33 Å². The van der Waals surface area contributed by atoms with Gasteiger partial charge in [-0.25, -0.2) is 18.7 Å². The molecule has 0 fully saturated rings. The lowest BCUT2D eigenvalue weighted by molar-refractivity contribution is 0.564. The monoisotopic (exact) mass is 147 g/mol. The number of hydrogen-bond acceptors (Lipinski definition) is 2. The van der Waals surface area contributed by atoms with Crippen LogP contribution in [0.3, 0.4) is 0 Å². The molecule has 5 nitrogen and oxygen atoms in total. The predicted molar refractivity (Wildman–Crippen MR) is 32.4 cm³/mol. The molecule has 1 heterocycles. The minimum Gasteiger partial charge on any atom is -0.288 e. The van der Waals surface area contributed by atoms with Crippen molar-refractivity contribution in [1.29, 1.82) is 0 Å². The van der Waals surface area contributed by atoms with Gasteiger partial charge >= 0.3 is 0 Å². The van der Waals surface area contributed by atoms with E-state index in [9.17, 15) is 4.21 Å². The summed E-state index contributed by atoms with van der Waals surface area (Å²) in [5, 5.41) is 0. The van der Waals surface area contributed by atoms with Crippen LogP contribution in [-0.2, 0) is 11.3 Å². The summed E-state index contributed by atoms with van der Waals surface area (Å²) in [4.78, 5) is 5.80. The van der Waals surface area contributed by atoms with Gasteiger partial charge in [0.15, 0.2) is 0 Å². The second-order valence-electron chi connectivity index (χ2n) is 1.31. The maximum atomic E-state index is 10.0. The Kier molecular flexibility index (Phi) is 1.81. The van der Waals surface area contributed by atoms with Crippen molar-refractivity contribution in [1.82, 2.24) is 9.66 Å². The molecular formula is C3H5N3O2S. The van der Waals surface area contributed by atoms with Gasteiger partial charge < -0.3 is 0 Å². The Morgan fingerprint density at radius 1 is 1.78 bits per heavy atom. The molecule has 0 aliphatic carbocycles. The molecule has 0 bridgehead atoms. The SMILES string of the molecule is O=S(O)Nn1ccnc1. The summed E-state index contributed by atoms with van der Waals surface area (Å²) in [7, 11) is 0. The molecule has 1 atom stereocenters. The lowest BCUT2D eigenvalue weighted by Gasteiger charge is -1.97. The largest absolute Gasteiger partial charge is 0.288 e. The van der Waals surface area contributed by atoms with Crippen LogP contribution in [0.2, 0.25) is 0 Å². The van der Waals surface area contributed by atoms with E-state index in [0.717, 1.165) is 0 Å². The van der Waals surface area contributed by atoms with Crippen molar-refractivity contribution in [3.8, 4) is 0 Å². The fourth-order valence-corrected chi connectivity index (χ4v) is 0.692. The fraction of sp³-hybridized carbons (Fsp3) is 0. The van der Waals surface area contributed by atoms with Crippen LogP contribution in [0.1, 0.15) is 0 Å². The second-order valence-corrected chi connectivity index (χ2v) is 1.99.